The Morgan fingerprint density at radius 2 is 2.33 bits per heavy atom. The van der Waals surface area contributed by atoms with Crippen LogP contribution >= 0.6 is 0 Å². The Bertz CT molecular complexity index is 204. The normalized spacial score (nSPS) is 35.9. The summed E-state index contributed by atoms with van der Waals surface area (Å²) in [6.45, 7) is 3.43. The minimum absolute atomic E-state index is 0.402. The highest BCUT2D eigenvalue weighted by molar-refractivity contribution is 5.03. The van der Waals surface area contributed by atoms with Gasteiger partial charge in [0.05, 0.1) is 0 Å². The minimum Gasteiger partial charge on any atom is -0.379 e. The van der Waals surface area contributed by atoms with E-state index in [2.05, 4.69) is 6.58 Å². The highest BCUT2D eigenvalue weighted by Crippen LogP contribution is 2.30. The van der Waals surface area contributed by atoms with Crippen LogP contribution in [0.5, 0.6) is 0 Å². The summed E-state index contributed by atoms with van der Waals surface area (Å²) >= 11 is 0. The Morgan fingerprint density at radius 1 is 1.67 bits per heavy atom. The van der Waals surface area contributed by atoms with Gasteiger partial charge in [-0.25, -0.2) is 0 Å². The van der Waals surface area contributed by atoms with Gasteiger partial charge in [-0.2, -0.15) is 0 Å². The second-order valence-corrected chi connectivity index (χ2v) is 3.24. The van der Waals surface area contributed by atoms with Crippen LogP contribution in [0.4, 0.5) is 0 Å². The lowest BCUT2D eigenvalue weighted by molar-refractivity contribution is -0.545. The van der Waals surface area contributed by atoms with E-state index in [0.717, 1.165) is 12.8 Å². The molecule has 1 rings (SSSR count). The van der Waals surface area contributed by atoms with E-state index < -0.39 is 16.6 Å². The molecule has 12 heavy (non-hydrogen) atoms. The first kappa shape index (κ1) is 9.19. The maximum Gasteiger partial charge on any atom is 0.244 e. The lowest BCUT2D eigenvalue weighted by Crippen LogP contribution is -2.47. The molecule has 1 N–H and O–H groups in total. The van der Waals surface area contributed by atoms with Crippen LogP contribution in [0.3, 0.4) is 0 Å². The van der Waals surface area contributed by atoms with E-state index >= 15 is 0 Å². The fourth-order valence-electron chi connectivity index (χ4n) is 1.69. The Hall–Kier alpha value is -0.900. The molecule has 0 aromatic rings. The molecule has 2 atom stereocenters. The molecule has 0 aromatic carbocycles. The first-order valence-electron chi connectivity index (χ1n) is 4.09. The van der Waals surface area contributed by atoms with Gasteiger partial charge in [0.25, 0.3) is 0 Å². The molecule has 0 aliphatic heterocycles. The molecule has 1 fully saturated rings. The highest BCUT2D eigenvalue weighted by atomic mass is 16.6. The Morgan fingerprint density at radius 3 is 2.75 bits per heavy atom. The summed E-state index contributed by atoms with van der Waals surface area (Å²) in [5, 5.41) is 20.3. The number of aliphatic hydroxyl groups is 1. The van der Waals surface area contributed by atoms with Gasteiger partial charge in [0, 0.05) is 11.3 Å². The number of hydrogen-bond acceptors (Lipinski definition) is 3. The summed E-state index contributed by atoms with van der Waals surface area (Å²) in [7, 11) is 0. The monoisotopic (exact) mass is 171 g/mol. The van der Waals surface area contributed by atoms with Crippen molar-refractivity contribution in [3.8, 4) is 0 Å². The predicted molar refractivity (Wildman–Crippen MR) is 44.4 cm³/mol. The van der Waals surface area contributed by atoms with E-state index in [4.69, 9.17) is 0 Å². The van der Waals surface area contributed by atoms with Gasteiger partial charge < -0.3 is 5.11 Å². The molecule has 0 saturated heterocycles. The van der Waals surface area contributed by atoms with E-state index in [1.807, 2.05) is 0 Å². The summed E-state index contributed by atoms with van der Waals surface area (Å²) < 4.78 is 0. The van der Waals surface area contributed by atoms with Crippen molar-refractivity contribution >= 4 is 0 Å². The first-order chi connectivity index (χ1) is 5.60. The molecule has 0 aromatic heterocycles. The fourth-order valence-corrected chi connectivity index (χ4v) is 1.69. The molecular formula is C8H13NO3. The zero-order chi connectivity index (χ0) is 9.19. The summed E-state index contributed by atoms with van der Waals surface area (Å²) in [5.41, 5.74) is -1.28. The largest absolute Gasteiger partial charge is 0.379 e. The molecule has 1 aliphatic carbocycles. The Balaban J connectivity index is 2.80. The third-order valence-corrected chi connectivity index (χ3v) is 2.49. The van der Waals surface area contributed by atoms with Crippen molar-refractivity contribution < 1.29 is 10.0 Å². The second-order valence-electron chi connectivity index (χ2n) is 3.24. The Kier molecular flexibility index (Phi) is 2.47. The van der Waals surface area contributed by atoms with Gasteiger partial charge >= 0.3 is 0 Å². The van der Waals surface area contributed by atoms with Crippen LogP contribution in [-0.4, -0.2) is 21.7 Å². The number of hydrogen-bond donors (Lipinski definition) is 1. The first-order valence-corrected chi connectivity index (χ1v) is 4.09. The van der Waals surface area contributed by atoms with Crippen LogP contribution in [0.2, 0.25) is 0 Å². The molecule has 0 spiro atoms. The van der Waals surface area contributed by atoms with Crippen molar-refractivity contribution in [3.05, 3.63) is 22.8 Å². The van der Waals surface area contributed by atoms with Gasteiger partial charge in [-0.15, -0.1) is 0 Å². The van der Waals surface area contributed by atoms with Crippen molar-refractivity contribution in [1.29, 1.82) is 0 Å². The molecule has 4 heteroatoms. The maximum atomic E-state index is 10.5. The lowest BCUT2D eigenvalue weighted by atomic mass is 9.81. The molecule has 0 amide bonds. The van der Waals surface area contributed by atoms with Gasteiger partial charge in [-0.1, -0.05) is 12.7 Å². The topological polar surface area (TPSA) is 63.4 Å². The summed E-state index contributed by atoms with van der Waals surface area (Å²) in [6.07, 6.45) is 3.88. The SMILES string of the molecule is C=C[C@@]1(O)CCCC[C@@H]1[N+](=O)[O-]. The predicted octanol–water partition coefficient (Wildman–Crippen LogP) is 1.12. The summed E-state index contributed by atoms with van der Waals surface area (Å²) in [5.74, 6) is 0. The van der Waals surface area contributed by atoms with Crippen LogP contribution in [-0.2, 0) is 0 Å². The van der Waals surface area contributed by atoms with Crippen molar-refractivity contribution in [3.63, 3.8) is 0 Å². The lowest BCUT2D eigenvalue weighted by Gasteiger charge is -2.31. The van der Waals surface area contributed by atoms with Crippen LogP contribution < -0.4 is 0 Å². The van der Waals surface area contributed by atoms with Crippen molar-refractivity contribution in [2.45, 2.75) is 37.3 Å². The fraction of sp³-hybridized carbons (Fsp3) is 0.750. The molecule has 68 valence electrons. The molecule has 4 nitrogen and oxygen atoms in total. The van der Waals surface area contributed by atoms with Gasteiger partial charge in [-0.05, 0) is 19.3 Å². The van der Waals surface area contributed by atoms with Gasteiger partial charge in [-0.3, -0.25) is 10.1 Å². The molecule has 0 heterocycles. The van der Waals surface area contributed by atoms with Crippen LogP contribution in [0.25, 0.3) is 0 Å². The molecule has 1 aliphatic rings. The molecule has 0 radical (unpaired) electrons. The molecule has 0 unspecified atom stereocenters. The number of rotatable bonds is 2. The molecule has 1 saturated carbocycles. The number of nitrogens with zero attached hydrogens (tertiary/aromatic N) is 1. The van der Waals surface area contributed by atoms with Crippen molar-refractivity contribution in [2.24, 2.45) is 0 Å². The molecular weight excluding hydrogens is 158 g/mol. The smallest absolute Gasteiger partial charge is 0.244 e. The molecule has 0 bridgehead atoms. The van der Waals surface area contributed by atoms with E-state index in [-0.39, 0.29) is 0 Å². The number of nitro groups is 1. The third kappa shape index (κ3) is 1.48. The second kappa shape index (κ2) is 3.23. The van der Waals surface area contributed by atoms with Crippen LogP contribution in [0.1, 0.15) is 25.7 Å². The maximum absolute atomic E-state index is 10.5. The summed E-state index contributed by atoms with van der Waals surface area (Å²) in [6, 6.07) is -0.858. The quantitative estimate of drug-likeness (QED) is 0.384. The highest BCUT2D eigenvalue weighted by Gasteiger charge is 2.44. The van der Waals surface area contributed by atoms with Crippen molar-refractivity contribution in [2.75, 3.05) is 0 Å². The average molecular weight is 171 g/mol. The van der Waals surface area contributed by atoms with Crippen LogP contribution in [0.15, 0.2) is 12.7 Å². The van der Waals surface area contributed by atoms with E-state index in [1.165, 1.54) is 6.08 Å². The van der Waals surface area contributed by atoms with Gasteiger partial charge in [0.1, 0.15) is 5.60 Å². The van der Waals surface area contributed by atoms with E-state index in [1.54, 1.807) is 0 Å². The van der Waals surface area contributed by atoms with E-state index in [9.17, 15) is 15.2 Å². The standard InChI is InChI=1S/C8H13NO3/c1-2-8(10)6-4-3-5-7(8)9(11)12/h2,7,10H,1,3-6H2/t7-,8+/m0/s1. The zero-order valence-electron chi connectivity index (χ0n) is 6.90. The Labute approximate surface area is 71.0 Å². The summed E-state index contributed by atoms with van der Waals surface area (Å²) in [4.78, 5) is 10.1. The average Bonchev–Trinajstić information content (AvgIpc) is 2.05. The zero-order valence-corrected chi connectivity index (χ0v) is 6.90. The van der Waals surface area contributed by atoms with Gasteiger partial charge in [0.2, 0.25) is 6.04 Å². The van der Waals surface area contributed by atoms with Gasteiger partial charge in [0.15, 0.2) is 0 Å². The van der Waals surface area contributed by atoms with Crippen LogP contribution in [0, 0.1) is 10.1 Å². The van der Waals surface area contributed by atoms with E-state index in [0.29, 0.717) is 12.8 Å². The minimum atomic E-state index is -1.28. The van der Waals surface area contributed by atoms with Crippen molar-refractivity contribution in [1.82, 2.24) is 0 Å². The third-order valence-electron chi connectivity index (χ3n) is 2.49.